The number of nitrogens with two attached hydrogens (primary N) is 1. The average Bonchev–Trinajstić information content (AvgIpc) is 2.70. The molecule has 0 aromatic carbocycles. The lowest BCUT2D eigenvalue weighted by molar-refractivity contribution is 0.824. The third kappa shape index (κ3) is 2.62. The fourth-order valence-corrected chi connectivity index (χ4v) is 3.07. The Morgan fingerprint density at radius 3 is 2.59 bits per heavy atom. The molecule has 0 aliphatic heterocycles. The molecular formula is C10H13N5S2. The SMILES string of the molecule is Cc1nsc(Sc2nnc(C)c(C)c2CN)n1. The summed E-state index contributed by atoms with van der Waals surface area (Å²) in [5.74, 6) is 0.781. The van der Waals surface area contributed by atoms with E-state index in [0.717, 1.165) is 32.0 Å². The molecule has 2 N–H and O–H groups in total. The highest BCUT2D eigenvalue weighted by Gasteiger charge is 2.13. The minimum absolute atomic E-state index is 0.461. The minimum atomic E-state index is 0.461. The summed E-state index contributed by atoms with van der Waals surface area (Å²) in [6.45, 7) is 6.28. The van der Waals surface area contributed by atoms with Gasteiger partial charge in [-0.1, -0.05) is 0 Å². The predicted molar refractivity (Wildman–Crippen MR) is 68.2 cm³/mol. The topological polar surface area (TPSA) is 77.6 Å². The molecule has 0 bridgehead atoms. The molecule has 2 aromatic heterocycles. The van der Waals surface area contributed by atoms with E-state index in [4.69, 9.17) is 5.73 Å². The second-order valence-corrected chi connectivity index (χ2v) is 5.60. The lowest BCUT2D eigenvalue weighted by Gasteiger charge is -2.08. The van der Waals surface area contributed by atoms with E-state index in [-0.39, 0.29) is 0 Å². The second kappa shape index (κ2) is 5.07. The molecule has 17 heavy (non-hydrogen) atoms. The minimum Gasteiger partial charge on any atom is -0.326 e. The van der Waals surface area contributed by atoms with Gasteiger partial charge in [-0.2, -0.15) is 9.47 Å². The average molecular weight is 267 g/mol. The fraction of sp³-hybridized carbons (Fsp3) is 0.400. The van der Waals surface area contributed by atoms with Gasteiger partial charge in [-0.05, 0) is 49.6 Å². The van der Waals surface area contributed by atoms with Crippen molar-refractivity contribution in [1.29, 1.82) is 0 Å². The van der Waals surface area contributed by atoms with E-state index in [1.165, 1.54) is 23.3 Å². The number of rotatable bonds is 3. The zero-order chi connectivity index (χ0) is 12.4. The van der Waals surface area contributed by atoms with Gasteiger partial charge in [0, 0.05) is 12.1 Å². The monoisotopic (exact) mass is 267 g/mol. The zero-order valence-corrected chi connectivity index (χ0v) is 11.5. The van der Waals surface area contributed by atoms with Crippen LogP contribution in [0.3, 0.4) is 0 Å². The van der Waals surface area contributed by atoms with Crippen LogP contribution in [0, 0.1) is 20.8 Å². The Balaban J connectivity index is 2.36. The van der Waals surface area contributed by atoms with E-state index in [2.05, 4.69) is 19.6 Å². The smallest absolute Gasteiger partial charge is 0.176 e. The van der Waals surface area contributed by atoms with E-state index in [0.29, 0.717) is 6.54 Å². The van der Waals surface area contributed by atoms with E-state index >= 15 is 0 Å². The normalized spacial score (nSPS) is 10.8. The summed E-state index contributed by atoms with van der Waals surface area (Å²) < 4.78 is 5.01. The third-order valence-electron chi connectivity index (χ3n) is 2.44. The Morgan fingerprint density at radius 2 is 2.00 bits per heavy atom. The largest absolute Gasteiger partial charge is 0.326 e. The van der Waals surface area contributed by atoms with Crippen LogP contribution < -0.4 is 5.73 Å². The fourth-order valence-electron chi connectivity index (χ4n) is 1.36. The van der Waals surface area contributed by atoms with Gasteiger partial charge in [-0.15, -0.1) is 5.10 Å². The molecule has 0 radical (unpaired) electrons. The van der Waals surface area contributed by atoms with Gasteiger partial charge in [0.1, 0.15) is 10.9 Å². The Kier molecular flexibility index (Phi) is 3.70. The molecule has 0 aliphatic carbocycles. The molecule has 0 unspecified atom stereocenters. The first-order chi connectivity index (χ1) is 8.11. The highest BCUT2D eigenvalue weighted by Crippen LogP contribution is 2.31. The molecular weight excluding hydrogens is 254 g/mol. The summed E-state index contributed by atoms with van der Waals surface area (Å²) >= 11 is 2.84. The molecule has 90 valence electrons. The molecule has 7 heteroatoms. The van der Waals surface area contributed by atoms with Gasteiger partial charge in [0.2, 0.25) is 0 Å². The first-order valence-corrected chi connectivity index (χ1v) is 6.71. The Labute approximate surface area is 108 Å². The van der Waals surface area contributed by atoms with Crippen LogP contribution in [0.1, 0.15) is 22.6 Å². The first kappa shape index (κ1) is 12.4. The molecule has 0 fully saturated rings. The van der Waals surface area contributed by atoms with Gasteiger partial charge in [0.25, 0.3) is 0 Å². The lowest BCUT2D eigenvalue weighted by Crippen LogP contribution is -2.06. The molecule has 2 rings (SSSR count). The Morgan fingerprint density at radius 1 is 1.24 bits per heavy atom. The van der Waals surface area contributed by atoms with Crippen molar-refractivity contribution in [3.05, 3.63) is 22.6 Å². The van der Waals surface area contributed by atoms with Crippen molar-refractivity contribution in [2.24, 2.45) is 5.73 Å². The maximum absolute atomic E-state index is 5.77. The molecule has 2 aromatic rings. The van der Waals surface area contributed by atoms with Crippen LogP contribution >= 0.6 is 23.3 Å². The van der Waals surface area contributed by atoms with Crippen LogP contribution in [0.4, 0.5) is 0 Å². The third-order valence-corrected chi connectivity index (χ3v) is 4.31. The van der Waals surface area contributed by atoms with Crippen LogP contribution in [0.2, 0.25) is 0 Å². The van der Waals surface area contributed by atoms with Crippen LogP contribution in [0.25, 0.3) is 0 Å². The van der Waals surface area contributed by atoms with Crippen molar-refractivity contribution in [3.63, 3.8) is 0 Å². The maximum atomic E-state index is 5.77. The molecule has 5 nitrogen and oxygen atoms in total. The van der Waals surface area contributed by atoms with Gasteiger partial charge in [-0.25, -0.2) is 4.98 Å². The molecule has 0 saturated carbocycles. The van der Waals surface area contributed by atoms with Crippen molar-refractivity contribution >= 4 is 23.3 Å². The summed E-state index contributed by atoms with van der Waals surface area (Å²) in [4.78, 5) is 4.30. The summed E-state index contributed by atoms with van der Waals surface area (Å²) in [5, 5.41) is 9.13. The molecule has 0 saturated heterocycles. The van der Waals surface area contributed by atoms with Gasteiger partial charge in [0.15, 0.2) is 4.34 Å². The highest BCUT2D eigenvalue weighted by atomic mass is 32.2. The van der Waals surface area contributed by atoms with Crippen molar-refractivity contribution < 1.29 is 0 Å². The Hall–Kier alpha value is -1.05. The van der Waals surface area contributed by atoms with E-state index in [9.17, 15) is 0 Å². The standard InChI is InChI=1S/C10H13N5S2/c1-5-6(2)13-14-9(8(5)4-11)16-10-12-7(3)15-17-10/h4,11H2,1-3H3. The molecule has 2 heterocycles. The van der Waals surface area contributed by atoms with Crippen LogP contribution in [-0.4, -0.2) is 19.6 Å². The summed E-state index contributed by atoms with van der Waals surface area (Å²) in [6, 6.07) is 0. The number of hydrogen-bond donors (Lipinski definition) is 1. The van der Waals surface area contributed by atoms with Gasteiger partial charge in [-0.3, -0.25) is 0 Å². The van der Waals surface area contributed by atoms with Crippen molar-refractivity contribution in [1.82, 2.24) is 19.6 Å². The molecule has 0 spiro atoms. The maximum Gasteiger partial charge on any atom is 0.176 e. The van der Waals surface area contributed by atoms with Gasteiger partial charge in [0.05, 0.1) is 5.69 Å². The van der Waals surface area contributed by atoms with Crippen LogP contribution in [0.5, 0.6) is 0 Å². The molecule has 0 atom stereocenters. The van der Waals surface area contributed by atoms with Gasteiger partial charge < -0.3 is 5.73 Å². The van der Waals surface area contributed by atoms with E-state index in [1.807, 2.05) is 20.8 Å². The quantitative estimate of drug-likeness (QED) is 0.914. The summed E-state index contributed by atoms with van der Waals surface area (Å²) in [5.41, 5.74) is 8.83. The van der Waals surface area contributed by atoms with E-state index < -0.39 is 0 Å². The van der Waals surface area contributed by atoms with E-state index in [1.54, 1.807) is 0 Å². The summed E-state index contributed by atoms with van der Waals surface area (Å²) in [7, 11) is 0. The lowest BCUT2D eigenvalue weighted by atomic mass is 10.1. The summed E-state index contributed by atoms with van der Waals surface area (Å²) in [6.07, 6.45) is 0. The van der Waals surface area contributed by atoms with Crippen molar-refractivity contribution in [3.8, 4) is 0 Å². The number of hydrogen-bond acceptors (Lipinski definition) is 7. The number of nitrogens with zero attached hydrogens (tertiary/aromatic N) is 4. The molecule has 0 amide bonds. The number of aromatic nitrogens is 4. The predicted octanol–water partition coefficient (Wildman–Crippen LogP) is 1.86. The zero-order valence-electron chi connectivity index (χ0n) is 9.89. The Bertz CT molecular complexity index is 537. The van der Waals surface area contributed by atoms with Crippen molar-refractivity contribution in [2.75, 3.05) is 0 Å². The van der Waals surface area contributed by atoms with Gasteiger partial charge >= 0.3 is 0 Å². The first-order valence-electron chi connectivity index (χ1n) is 5.12. The molecule has 0 aliphatic rings. The van der Waals surface area contributed by atoms with Crippen LogP contribution in [0.15, 0.2) is 9.37 Å². The van der Waals surface area contributed by atoms with Crippen molar-refractivity contribution in [2.45, 2.75) is 36.7 Å². The van der Waals surface area contributed by atoms with Crippen LogP contribution in [-0.2, 0) is 6.54 Å². The highest BCUT2D eigenvalue weighted by molar-refractivity contribution is 8.00. The number of aryl methyl sites for hydroxylation is 2. The second-order valence-electron chi connectivity index (χ2n) is 3.61.